The maximum absolute atomic E-state index is 13.1. The van der Waals surface area contributed by atoms with Gasteiger partial charge in [-0.05, 0) is 48.0 Å². The largest absolute Gasteiger partial charge is 0.508 e. The zero-order chi connectivity index (χ0) is 18.7. The highest BCUT2D eigenvalue weighted by Gasteiger charge is 2.32. The van der Waals surface area contributed by atoms with Crippen molar-refractivity contribution in [3.8, 4) is 5.75 Å². The van der Waals surface area contributed by atoms with Crippen LogP contribution in [-0.4, -0.2) is 28.3 Å². The number of esters is 1. The number of hydrogen-bond donors (Lipinski definition) is 2. The predicted octanol–water partition coefficient (Wildman–Crippen LogP) is 4.33. The first kappa shape index (κ1) is 17.8. The molecule has 7 heteroatoms. The first-order valence-corrected chi connectivity index (χ1v) is 8.34. The summed E-state index contributed by atoms with van der Waals surface area (Å²) < 4.78 is 17.8. The normalized spacial score (nSPS) is 17.2. The van der Waals surface area contributed by atoms with Gasteiger partial charge < -0.3 is 14.9 Å². The van der Waals surface area contributed by atoms with Crippen molar-refractivity contribution in [1.82, 2.24) is 0 Å². The summed E-state index contributed by atoms with van der Waals surface area (Å²) in [6.07, 6.45) is 1.62. The molecule has 2 aromatic carbocycles. The van der Waals surface area contributed by atoms with Crippen molar-refractivity contribution in [2.24, 2.45) is 4.99 Å². The molecule has 0 fully saturated rings. The van der Waals surface area contributed by atoms with Crippen molar-refractivity contribution in [1.29, 1.82) is 0 Å². The third-order valence-electron chi connectivity index (χ3n) is 3.51. The quantitative estimate of drug-likeness (QED) is 0.785. The molecule has 0 bridgehead atoms. The van der Waals surface area contributed by atoms with Crippen LogP contribution in [0.1, 0.15) is 5.56 Å². The Bertz CT molecular complexity index is 948. The van der Waals surface area contributed by atoms with E-state index in [0.717, 1.165) is 11.8 Å². The average Bonchev–Trinajstić information content (AvgIpc) is 2.91. The number of carbonyl (C=O) groups is 1. The number of methoxy groups -OCH3 is 1. The standard InChI is InChI=1S/C19H14FNO4S/c1-25-19(24)16-17(23)15(10-11-3-2-4-14(22)9-11)26-18(16)21-13-7-5-12(20)6-8-13/h2-10,22-23H,1H3. The van der Waals surface area contributed by atoms with Gasteiger partial charge in [0.15, 0.2) is 0 Å². The number of aliphatic hydroxyl groups excluding tert-OH is 1. The minimum atomic E-state index is -0.727. The number of carbonyl (C=O) groups excluding carboxylic acids is 1. The number of phenolic OH excluding ortho intramolecular Hbond substituents is 1. The predicted molar refractivity (Wildman–Crippen MR) is 98.8 cm³/mol. The van der Waals surface area contributed by atoms with E-state index in [1.54, 1.807) is 18.2 Å². The molecule has 0 saturated heterocycles. The zero-order valence-corrected chi connectivity index (χ0v) is 14.5. The van der Waals surface area contributed by atoms with Crippen molar-refractivity contribution in [2.45, 2.75) is 0 Å². The molecular formula is C19H14FNO4S. The second-order valence-electron chi connectivity index (χ2n) is 5.31. The minimum absolute atomic E-state index is 0.0618. The number of halogens is 1. The molecule has 26 heavy (non-hydrogen) atoms. The molecule has 0 aliphatic carbocycles. The molecule has 0 spiro atoms. The zero-order valence-electron chi connectivity index (χ0n) is 13.6. The number of aromatic hydroxyl groups is 1. The highest BCUT2D eigenvalue weighted by atomic mass is 32.2. The Hall–Kier alpha value is -3.06. The first-order chi connectivity index (χ1) is 12.5. The molecule has 0 radical (unpaired) electrons. The van der Waals surface area contributed by atoms with E-state index >= 15 is 0 Å². The summed E-state index contributed by atoms with van der Waals surface area (Å²) in [6, 6.07) is 11.9. The van der Waals surface area contributed by atoms with Gasteiger partial charge >= 0.3 is 5.97 Å². The number of thioether (sulfide) groups is 1. The molecule has 0 amide bonds. The van der Waals surface area contributed by atoms with Gasteiger partial charge in [0.1, 0.15) is 27.9 Å². The number of nitrogens with zero attached hydrogens (tertiary/aromatic N) is 1. The number of phenols is 1. The van der Waals surface area contributed by atoms with Gasteiger partial charge in [-0.3, -0.25) is 0 Å². The van der Waals surface area contributed by atoms with Crippen molar-refractivity contribution >= 4 is 34.5 Å². The van der Waals surface area contributed by atoms with E-state index in [4.69, 9.17) is 4.74 Å². The van der Waals surface area contributed by atoms with Crippen LogP contribution in [0.15, 0.2) is 69.8 Å². The lowest BCUT2D eigenvalue weighted by Gasteiger charge is -2.01. The molecular weight excluding hydrogens is 357 g/mol. The number of ether oxygens (including phenoxy) is 1. The van der Waals surface area contributed by atoms with Gasteiger partial charge in [-0.15, -0.1) is 0 Å². The van der Waals surface area contributed by atoms with Crippen LogP contribution in [0.4, 0.5) is 10.1 Å². The lowest BCUT2D eigenvalue weighted by atomic mass is 10.1. The minimum Gasteiger partial charge on any atom is -0.508 e. The summed E-state index contributed by atoms with van der Waals surface area (Å²) >= 11 is 1.08. The van der Waals surface area contributed by atoms with Gasteiger partial charge in [0, 0.05) is 0 Å². The highest BCUT2D eigenvalue weighted by molar-refractivity contribution is 8.18. The summed E-state index contributed by atoms with van der Waals surface area (Å²) in [4.78, 5) is 16.8. The van der Waals surface area contributed by atoms with Crippen molar-refractivity contribution in [3.05, 3.63) is 76.1 Å². The van der Waals surface area contributed by atoms with Crippen molar-refractivity contribution in [2.75, 3.05) is 7.11 Å². The molecule has 2 N–H and O–H groups in total. The Balaban J connectivity index is 2.04. The molecule has 0 unspecified atom stereocenters. The van der Waals surface area contributed by atoms with Crippen LogP contribution >= 0.6 is 11.8 Å². The summed E-state index contributed by atoms with van der Waals surface area (Å²) in [7, 11) is 1.21. The summed E-state index contributed by atoms with van der Waals surface area (Å²) in [5, 5.41) is 20.3. The summed E-state index contributed by atoms with van der Waals surface area (Å²) in [6.45, 7) is 0. The molecule has 2 aromatic rings. The molecule has 132 valence electrons. The van der Waals surface area contributed by atoms with E-state index in [1.807, 2.05) is 0 Å². The van der Waals surface area contributed by atoms with Crippen LogP contribution in [0.25, 0.3) is 6.08 Å². The molecule has 0 saturated carbocycles. The summed E-state index contributed by atoms with van der Waals surface area (Å²) in [5.41, 5.74) is 1.02. The van der Waals surface area contributed by atoms with E-state index < -0.39 is 11.8 Å². The Labute approximate surface area is 153 Å². The molecule has 0 aromatic heterocycles. The smallest absolute Gasteiger partial charge is 0.344 e. The van der Waals surface area contributed by atoms with Crippen LogP contribution in [0.2, 0.25) is 0 Å². The van der Waals surface area contributed by atoms with E-state index in [-0.39, 0.29) is 22.1 Å². The monoisotopic (exact) mass is 371 g/mol. The fourth-order valence-electron chi connectivity index (χ4n) is 2.29. The highest BCUT2D eigenvalue weighted by Crippen LogP contribution is 2.40. The second kappa shape index (κ2) is 7.45. The summed E-state index contributed by atoms with van der Waals surface area (Å²) in [5.74, 6) is -1.30. The number of benzene rings is 2. The van der Waals surface area contributed by atoms with E-state index in [2.05, 4.69) is 4.99 Å². The number of hydrogen-bond acceptors (Lipinski definition) is 6. The lowest BCUT2D eigenvalue weighted by Crippen LogP contribution is -2.10. The fourth-order valence-corrected chi connectivity index (χ4v) is 3.32. The van der Waals surface area contributed by atoms with E-state index in [9.17, 15) is 19.4 Å². The van der Waals surface area contributed by atoms with Crippen LogP contribution < -0.4 is 0 Å². The van der Waals surface area contributed by atoms with Crippen LogP contribution in [0, 0.1) is 5.82 Å². The van der Waals surface area contributed by atoms with Crippen LogP contribution in [0.3, 0.4) is 0 Å². The Morgan fingerprint density at radius 3 is 2.58 bits per heavy atom. The molecule has 3 rings (SSSR count). The Kier molecular flexibility index (Phi) is 5.09. The Morgan fingerprint density at radius 2 is 1.92 bits per heavy atom. The number of aliphatic imine (C=N–C) groups is 1. The molecule has 1 aliphatic rings. The first-order valence-electron chi connectivity index (χ1n) is 7.53. The average molecular weight is 371 g/mol. The van der Waals surface area contributed by atoms with Gasteiger partial charge in [-0.2, -0.15) is 0 Å². The third kappa shape index (κ3) is 3.78. The second-order valence-corrected chi connectivity index (χ2v) is 6.34. The topological polar surface area (TPSA) is 79.1 Å². The van der Waals surface area contributed by atoms with Crippen LogP contribution in [0.5, 0.6) is 5.75 Å². The SMILES string of the molecule is COC(=O)C1=C(O)C(=Cc2cccc(O)c2)SC1=Nc1ccc(F)cc1. The van der Waals surface area contributed by atoms with Crippen molar-refractivity contribution < 1.29 is 24.1 Å². The number of rotatable bonds is 3. The van der Waals surface area contributed by atoms with Gasteiger partial charge in [-0.25, -0.2) is 14.2 Å². The van der Waals surface area contributed by atoms with Gasteiger partial charge in [0.05, 0.1) is 17.7 Å². The third-order valence-corrected chi connectivity index (χ3v) is 4.53. The van der Waals surface area contributed by atoms with Crippen molar-refractivity contribution in [3.63, 3.8) is 0 Å². The molecule has 1 heterocycles. The van der Waals surface area contributed by atoms with E-state index in [1.165, 1.54) is 43.5 Å². The Morgan fingerprint density at radius 1 is 1.19 bits per heavy atom. The van der Waals surface area contributed by atoms with Gasteiger partial charge in [0.25, 0.3) is 0 Å². The molecule has 0 atom stereocenters. The molecule has 5 nitrogen and oxygen atoms in total. The van der Waals surface area contributed by atoms with E-state index in [0.29, 0.717) is 16.2 Å². The number of aliphatic hydroxyl groups is 1. The fraction of sp³-hybridized carbons (Fsp3) is 0.0526. The lowest BCUT2D eigenvalue weighted by molar-refractivity contribution is -0.135. The van der Waals surface area contributed by atoms with Gasteiger partial charge in [0.2, 0.25) is 0 Å². The maximum Gasteiger partial charge on any atom is 0.344 e. The maximum atomic E-state index is 13.1. The van der Waals surface area contributed by atoms with Gasteiger partial charge in [-0.1, -0.05) is 23.9 Å². The van der Waals surface area contributed by atoms with Crippen LogP contribution in [-0.2, 0) is 9.53 Å². The molecule has 1 aliphatic heterocycles.